The molecule has 0 saturated heterocycles. The Morgan fingerprint density at radius 1 is 1.17 bits per heavy atom. The van der Waals surface area contributed by atoms with Gasteiger partial charge < -0.3 is 11.1 Å². The summed E-state index contributed by atoms with van der Waals surface area (Å²) in [4.78, 5) is 25.3. The van der Waals surface area contributed by atoms with Crippen LogP contribution in [0.3, 0.4) is 0 Å². The molecule has 2 rings (SSSR count). The highest BCUT2D eigenvalue weighted by Gasteiger charge is 2.19. The number of nitrogens with two attached hydrogens (primary N) is 1. The summed E-state index contributed by atoms with van der Waals surface area (Å²) < 4.78 is 0. The van der Waals surface area contributed by atoms with Crippen molar-refractivity contribution in [2.75, 3.05) is 12.4 Å². The van der Waals surface area contributed by atoms with Crippen LogP contribution < -0.4 is 11.1 Å². The van der Waals surface area contributed by atoms with Gasteiger partial charge >= 0.3 is 0 Å². The van der Waals surface area contributed by atoms with Gasteiger partial charge in [0.15, 0.2) is 0 Å². The van der Waals surface area contributed by atoms with Crippen LogP contribution in [0.4, 0.5) is 5.69 Å². The van der Waals surface area contributed by atoms with Crippen LogP contribution in [0.1, 0.15) is 22.8 Å². The molecule has 0 saturated carbocycles. The molecule has 0 aromatic heterocycles. The number of rotatable bonds is 6. The predicted octanol–water partition coefficient (Wildman–Crippen LogP) is 2.90. The van der Waals surface area contributed by atoms with E-state index in [2.05, 4.69) is 5.32 Å². The van der Waals surface area contributed by atoms with Crippen LogP contribution in [0.25, 0.3) is 0 Å². The summed E-state index contributed by atoms with van der Waals surface area (Å²) in [6.07, 6.45) is 0. The zero-order chi connectivity index (χ0) is 17.7. The number of nitrogens with zero attached hydrogens (tertiary/aromatic N) is 1. The summed E-state index contributed by atoms with van der Waals surface area (Å²) in [6.45, 7) is 2.39. The van der Waals surface area contributed by atoms with E-state index in [4.69, 9.17) is 17.3 Å². The average molecular weight is 346 g/mol. The minimum atomic E-state index is -0.499. The van der Waals surface area contributed by atoms with Crippen LogP contribution >= 0.6 is 11.6 Å². The van der Waals surface area contributed by atoms with Crippen molar-refractivity contribution in [3.05, 3.63) is 64.7 Å². The van der Waals surface area contributed by atoms with Gasteiger partial charge in [0, 0.05) is 22.8 Å². The molecule has 0 aliphatic heterocycles. The number of benzene rings is 2. The summed E-state index contributed by atoms with van der Waals surface area (Å²) in [6, 6.07) is 13.7. The Bertz CT molecular complexity index is 731. The lowest BCUT2D eigenvalue weighted by Crippen LogP contribution is -2.39. The summed E-state index contributed by atoms with van der Waals surface area (Å²) in [5.74, 6) is -0.642. The molecule has 2 aromatic carbocycles. The molecule has 0 aliphatic rings. The van der Waals surface area contributed by atoms with Gasteiger partial charge in [-0.1, -0.05) is 29.8 Å². The summed E-state index contributed by atoms with van der Waals surface area (Å²) >= 11 is 6.16. The quantitative estimate of drug-likeness (QED) is 0.845. The lowest BCUT2D eigenvalue weighted by molar-refractivity contribution is -0.120. The molecule has 24 heavy (non-hydrogen) atoms. The zero-order valence-electron chi connectivity index (χ0n) is 13.6. The Morgan fingerprint density at radius 2 is 1.79 bits per heavy atom. The van der Waals surface area contributed by atoms with E-state index in [-0.39, 0.29) is 11.9 Å². The molecule has 0 radical (unpaired) electrons. The monoisotopic (exact) mass is 345 g/mol. The maximum atomic E-state index is 12.4. The van der Waals surface area contributed by atoms with Crippen LogP contribution in [0.15, 0.2) is 48.5 Å². The Labute approximate surface area is 146 Å². The highest BCUT2D eigenvalue weighted by molar-refractivity contribution is 6.31. The molecule has 0 aliphatic carbocycles. The Hall–Kier alpha value is -2.37. The first kappa shape index (κ1) is 18.0. The third-order valence-corrected chi connectivity index (χ3v) is 4.22. The summed E-state index contributed by atoms with van der Waals surface area (Å²) in [7, 11) is 1.86. The highest BCUT2D eigenvalue weighted by atomic mass is 35.5. The molecule has 6 heteroatoms. The van der Waals surface area contributed by atoms with Gasteiger partial charge in [-0.2, -0.15) is 0 Å². The number of hydrogen-bond donors (Lipinski definition) is 2. The van der Waals surface area contributed by atoms with E-state index < -0.39 is 5.91 Å². The van der Waals surface area contributed by atoms with E-state index >= 15 is 0 Å². The molecule has 0 heterocycles. The molecule has 0 bridgehead atoms. The second-order valence-electron chi connectivity index (χ2n) is 5.61. The Morgan fingerprint density at radius 3 is 2.38 bits per heavy atom. The lowest BCUT2D eigenvalue weighted by atomic mass is 10.1. The van der Waals surface area contributed by atoms with Crippen molar-refractivity contribution in [1.82, 2.24) is 4.90 Å². The predicted molar refractivity (Wildman–Crippen MR) is 96.0 cm³/mol. The SMILES string of the molecule is CC(C(=O)Nc1ccc(C(N)=O)cc1)N(C)Cc1ccccc1Cl. The van der Waals surface area contributed by atoms with Crippen molar-refractivity contribution in [3.8, 4) is 0 Å². The van der Waals surface area contributed by atoms with E-state index in [9.17, 15) is 9.59 Å². The van der Waals surface area contributed by atoms with Crippen LogP contribution in [0, 0.1) is 0 Å². The maximum absolute atomic E-state index is 12.4. The average Bonchev–Trinajstić information content (AvgIpc) is 2.56. The van der Waals surface area contributed by atoms with Gasteiger partial charge in [-0.05, 0) is 49.9 Å². The van der Waals surface area contributed by atoms with E-state index in [0.29, 0.717) is 22.8 Å². The number of carbonyl (C=O) groups is 2. The number of likely N-dealkylation sites (N-methyl/N-ethyl adjacent to an activating group) is 1. The molecule has 3 N–H and O–H groups in total. The number of anilines is 1. The van der Waals surface area contributed by atoms with Crippen LogP contribution in [-0.4, -0.2) is 29.8 Å². The van der Waals surface area contributed by atoms with E-state index in [0.717, 1.165) is 5.56 Å². The molecule has 2 aromatic rings. The smallest absolute Gasteiger partial charge is 0.248 e. The Balaban J connectivity index is 1.98. The number of hydrogen-bond acceptors (Lipinski definition) is 3. The molecule has 2 amide bonds. The standard InChI is InChI=1S/C18H20ClN3O2/c1-12(22(2)11-14-5-3-4-6-16(14)19)18(24)21-15-9-7-13(8-10-15)17(20)23/h3-10,12H,11H2,1-2H3,(H2,20,23)(H,21,24). The number of amides is 2. The molecule has 5 nitrogen and oxygen atoms in total. The van der Waals surface area contributed by atoms with Gasteiger partial charge in [0.1, 0.15) is 0 Å². The minimum Gasteiger partial charge on any atom is -0.366 e. The molecular weight excluding hydrogens is 326 g/mol. The van der Waals surface area contributed by atoms with E-state index in [1.54, 1.807) is 24.3 Å². The molecular formula is C18H20ClN3O2. The van der Waals surface area contributed by atoms with E-state index in [1.807, 2.05) is 43.1 Å². The van der Waals surface area contributed by atoms with Crippen molar-refractivity contribution in [2.45, 2.75) is 19.5 Å². The first-order valence-electron chi connectivity index (χ1n) is 7.53. The third-order valence-electron chi connectivity index (χ3n) is 3.86. The second kappa shape index (κ2) is 7.95. The fourth-order valence-corrected chi connectivity index (χ4v) is 2.39. The number of carbonyl (C=O) groups excluding carboxylic acids is 2. The number of nitrogens with one attached hydrogen (secondary N) is 1. The lowest BCUT2D eigenvalue weighted by Gasteiger charge is -2.24. The third kappa shape index (κ3) is 4.57. The van der Waals surface area contributed by atoms with E-state index in [1.165, 1.54) is 0 Å². The van der Waals surface area contributed by atoms with Gasteiger partial charge in [-0.15, -0.1) is 0 Å². The van der Waals surface area contributed by atoms with Gasteiger partial charge in [0.05, 0.1) is 6.04 Å². The number of halogens is 1. The maximum Gasteiger partial charge on any atom is 0.248 e. The minimum absolute atomic E-state index is 0.142. The van der Waals surface area contributed by atoms with Crippen LogP contribution in [0.2, 0.25) is 5.02 Å². The topological polar surface area (TPSA) is 75.4 Å². The summed E-state index contributed by atoms with van der Waals surface area (Å²) in [5, 5.41) is 3.50. The summed E-state index contributed by atoms with van der Waals surface area (Å²) in [5.41, 5.74) is 7.17. The normalized spacial score (nSPS) is 12.0. The van der Waals surface area contributed by atoms with Crippen molar-refractivity contribution < 1.29 is 9.59 Å². The molecule has 0 spiro atoms. The first-order chi connectivity index (χ1) is 11.4. The van der Waals surface area contributed by atoms with Crippen molar-refractivity contribution in [1.29, 1.82) is 0 Å². The molecule has 0 fully saturated rings. The van der Waals surface area contributed by atoms with Crippen molar-refractivity contribution in [2.24, 2.45) is 5.73 Å². The highest BCUT2D eigenvalue weighted by Crippen LogP contribution is 2.18. The van der Waals surface area contributed by atoms with Gasteiger partial charge in [-0.3, -0.25) is 14.5 Å². The molecule has 126 valence electrons. The van der Waals surface area contributed by atoms with Crippen LogP contribution in [-0.2, 0) is 11.3 Å². The zero-order valence-corrected chi connectivity index (χ0v) is 14.4. The van der Waals surface area contributed by atoms with Crippen molar-refractivity contribution >= 4 is 29.1 Å². The van der Waals surface area contributed by atoms with Crippen molar-refractivity contribution in [3.63, 3.8) is 0 Å². The fraction of sp³-hybridized carbons (Fsp3) is 0.222. The van der Waals surface area contributed by atoms with Gasteiger partial charge in [0.2, 0.25) is 11.8 Å². The second-order valence-corrected chi connectivity index (χ2v) is 6.02. The molecule has 1 atom stereocenters. The Kier molecular flexibility index (Phi) is 5.95. The van der Waals surface area contributed by atoms with Crippen LogP contribution in [0.5, 0.6) is 0 Å². The fourth-order valence-electron chi connectivity index (χ4n) is 2.20. The number of primary amides is 1. The largest absolute Gasteiger partial charge is 0.366 e. The molecule has 1 unspecified atom stereocenters. The van der Waals surface area contributed by atoms with Gasteiger partial charge in [0.25, 0.3) is 0 Å². The van der Waals surface area contributed by atoms with Gasteiger partial charge in [-0.25, -0.2) is 0 Å². The first-order valence-corrected chi connectivity index (χ1v) is 7.90.